The number of carbonyl (C=O) groups excluding carboxylic acids is 1. The molecule has 0 aliphatic carbocycles. The number of methoxy groups -OCH3 is 1. The van der Waals surface area contributed by atoms with E-state index in [0.29, 0.717) is 10.6 Å². The molecule has 0 aliphatic heterocycles. The number of esters is 1. The number of aromatic amines is 1. The average molecular weight is 216 g/mol. The summed E-state index contributed by atoms with van der Waals surface area (Å²) >= 11 is 0. The number of fused-ring (bicyclic) bond motifs is 1. The van der Waals surface area contributed by atoms with Crippen LogP contribution in [0.1, 0.15) is 0 Å². The van der Waals surface area contributed by atoms with Crippen molar-refractivity contribution < 1.29 is 14.6 Å². The fourth-order valence-corrected chi connectivity index (χ4v) is 1.60. The predicted molar refractivity (Wildman–Crippen MR) is 58.5 cm³/mol. The van der Waals surface area contributed by atoms with Crippen molar-refractivity contribution in [3.05, 3.63) is 34.8 Å². The van der Waals surface area contributed by atoms with E-state index in [4.69, 9.17) is 0 Å². The van der Waals surface area contributed by atoms with Crippen molar-refractivity contribution in [3.63, 3.8) is 0 Å². The molecule has 0 amide bonds. The van der Waals surface area contributed by atoms with Crippen LogP contribution >= 0.6 is 0 Å². The van der Waals surface area contributed by atoms with Gasteiger partial charge in [0.25, 0.3) is 0 Å². The normalized spacial score (nSPS) is 13.3. The third-order valence-corrected chi connectivity index (χ3v) is 2.36. The van der Waals surface area contributed by atoms with Crippen LogP contribution < -0.4 is 15.7 Å². The summed E-state index contributed by atoms with van der Waals surface area (Å²) in [7, 11) is 1.29. The second-order valence-electron chi connectivity index (χ2n) is 3.28. The average Bonchev–Trinajstić information content (AvgIpc) is 2.65. The first-order valence-electron chi connectivity index (χ1n) is 4.75. The maximum atomic E-state index is 11.1. The quantitative estimate of drug-likeness (QED) is 0.636. The number of para-hydroxylation sites is 1. The molecular weight excluding hydrogens is 206 g/mol. The van der Waals surface area contributed by atoms with Gasteiger partial charge in [0.15, 0.2) is 0 Å². The minimum Gasteiger partial charge on any atom is -0.877 e. The summed E-state index contributed by atoms with van der Waals surface area (Å²) in [5.74, 6) is -0.491. The highest BCUT2D eigenvalue weighted by Crippen LogP contribution is 2.02. The Balaban J connectivity index is 2.81. The summed E-state index contributed by atoms with van der Waals surface area (Å²) in [5.41, 5.74) is 0.819. The molecule has 1 aromatic heterocycles. The van der Waals surface area contributed by atoms with Crippen molar-refractivity contribution in [3.8, 4) is 0 Å². The molecule has 16 heavy (non-hydrogen) atoms. The van der Waals surface area contributed by atoms with Crippen LogP contribution in [0.4, 0.5) is 0 Å². The first-order chi connectivity index (χ1) is 7.76. The van der Waals surface area contributed by atoms with E-state index in [1.54, 1.807) is 0 Å². The number of H-pyrrole nitrogens is 1. The summed E-state index contributed by atoms with van der Waals surface area (Å²) in [6.07, 6.45) is 2.00. The van der Waals surface area contributed by atoms with E-state index in [1.807, 2.05) is 24.3 Å². The molecule has 2 aromatic rings. The van der Waals surface area contributed by atoms with Gasteiger partial charge < -0.3 is 14.8 Å². The topological polar surface area (TPSA) is 65.2 Å². The number of rotatable bonds is 1. The molecule has 2 rings (SSSR count). The number of hydrogen-bond donors (Lipinski definition) is 1. The Labute approximate surface area is 91.5 Å². The second kappa shape index (κ2) is 4.10. The molecule has 4 nitrogen and oxygen atoms in total. The highest BCUT2D eigenvalue weighted by atomic mass is 16.5. The summed E-state index contributed by atoms with van der Waals surface area (Å²) in [6, 6.07) is 7.36. The molecule has 0 saturated heterocycles. The molecule has 0 unspecified atom stereocenters. The summed E-state index contributed by atoms with van der Waals surface area (Å²) in [6.45, 7) is 0. The van der Waals surface area contributed by atoms with E-state index < -0.39 is 5.97 Å². The molecule has 82 valence electrons. The lowest BCUT2D eigenvalue weighted by Gasteiger charge is -1.90. The van der Waals surface area contributed by atoms with Crippen LogP contribution in [0.2, 0.25) is 0 Å². The van der Waals surface area contributed by atoms with Crippen molar-refractivity contribution >= 4 is 29.2 Å². The Morgan fingerprint density at radius 2 is 2.19 bits per heavy atom. The Hall–Kier alpha value is -2.23. The van der Waals surface area contributed by atoms with Crippen molar-refractivity contribution in [2.75, 3.05) is 7.11 Å². The van der Waals surface area contributed by atoms with Gasteiger partial charge in [-0.05, 0) is 11.3 Å². The molecule has 1 heterocycles. The smallest absolute Gasteiger partial charge is 0.332 e. The Kier molecular flexibility index (Phi) is 2.64. The molecule has 0 spiro atoms. The van der Waals surface area contributed by atoms with Crippen LogP contribution in [-0.4, -0.2) is 18.1 Å². The standard InChI is InChI=1S/C12H11NO3/c1-16-12(15)6-11-9(7-14)8-4-2-3-5-10(8)13-11/h2-7,13-14H,1H3/p-1/b9-7-,11-6-. The predicted octanol–water partition coefficient (Wildman–Crippen LogP) is -0.780. The minimum absolute atomic E-state index is 0.473. The summed E-state index contributed by atoms with van der Waals surface area (Å²) in [5, 5.41) is 12.7. The van der Waals surface area contributed by atoms with Gasteiger partial charge in [-0.15, -0.1) is 6.26 Å². The summed E-state index contributed by atoms with van der Waals surface area (Å²) in [4.78, 5) is 14.1. The lowest BCUT2D eigenvalue weighted by molar-refractivity contribution is -0.229. The van der Waals surface area contributed by atoms with E-state index in [9.17, 15) is 9.90 Å². The third-order valence-electron chi connectivity index (χ3n) is 2.36. The van der Waals surface area contributed by atoms with Crippen molar-refractivity contribution in [2.24, 2.45) is 0 Å². The number of ether oxygens (including phenoxy) is 1. The maximum absolute atomic E-state index is 11.1. The van der Waals surface area contributed by atoms with Crippen LogP contribution in [0.15, 0.2) is 24.3 Å². The van der Waals surface area contributed by atoms with Gasteiger partial charge in [-0.3, -0.25) is 0 Å². The Bertz CT molecular complexity index is 640. The van der Waals surface area contributed by atoms with E-state index >= 15 is 0 Å². The number of nitrogens with one attached hydrogen (secondary N) is 1. The van der Waals surface area contributed by atoms with Crippen molar-refractivity contribution in [1.82, 2.24) is 4.98 Å². The molecule has 0 aliphatic rings. The molecular formula is C12H10NO3-. The van der Waals surface area contributed by atoms with Gasteiger partial charge in [-0.2, -0.15) is 0 Å². The van der Waals surface area contributed by atoms with Crippen molar-refractivity contribution in [2.45, 2.75) is 0 Å². The molecule has 0 atom stereocenters. The highest BCUT2D eigenvalue weighted by molar-refractivity contribution is 6.00. The van der Waals surface area contributed by atoms with Crippen molar-refractivity contribution in [1.29, 1.82) is 0 Å². The largest absolute Gasteiger partial charge is 0.877 e. The molecule has 4 heteroatoms. The Morgan fingerprint density at radius 3 is 2.88 bits per heavy atom. The summed E-state index contributed by atoms with van der Waals surface area (Å²) < 4.78 is 4.52. The minimum atomic E-state index is -0.491. The molecule has 0 radical (unpaired) electrons. The Morgan fingerprint density at radius 1 is 1.44 bits per heavy atom. The molecule has 1 N–H and O–H groups in total. The van der Waals surface area contributed by atoms with Crippen LogP contribution in [0.25, 0.3) is 23.2 Å². The zero-order chi connectivity index (χ0) is 11.5. The number of aromatic nitrogens is 1. The first kappa shape index (κ1) is 10.3. The van der Waals surface area contributed by atoms with E-state index in [0.717, 1.165) is 17.2 Å². The van der Waals surface area contributed by atoms with Gasteiger partial charge in [-0.25, -0.2) is 4.79 Å². The molecule has 0 bridgehead atoms. The molecule has 0 saturated carbocycles. The van der Waals surface area contributed by atoms with Gasteiger partial charge in [0.05, 0.1) is 12.5 Å². The van der Waals surface area contributed by atoms with Gasteiger partial charge in [0, 0.05) is 17.0 Å². The number of carbonyl (C=O) groups is 1. The third kappa shape index (κ3) is 1.65. The van der Waals surface area contributed by atoms with Gasteiger partial charge in [0.1, 0.15) is 0 Å². The lowest BCUT2D eigenvalue weighted by Crippen LogP contribution is -2.26. The zero-order valence-corrected chi connectivity index (χ0v) is 8.69. The van der Waals surface area contributed by atoms with Crippen LogP contribution in [-0.2, 0) is 9.53 Å². The van der Waals surface area contributed by atoms with Gasteiger partial charge in [0.2, 0.25) is 0 Å². The number of benzene rings is 1. The maximum Gasteiger partial charge on any atom is 0.332 e. The van der Waals surface area contributed by atoms with E-state index in [-0.39, 0.29) is 0 Å². The zero-order valence-electron chi connectivity index (χ0n) is 8.69. The van der Waals surface area contributed by atoms with E-state index in [1.165, 1.54) is 13.2 Å². The van der Waals surface area contributed by atoms with Crippen LogP contribution in [0.3, 0.4) is 0 Å². The lowest BCUT2D eigenvalue weighted by atomic mass is 10.2. The van der Waals surface area contributed by atoms with Crippen LogP contribution in [0, 0.1) is 0 Å². The molecule has 0 fully saturated rings. The van der Waals surface area contributed by atoms with Gasteiger partial charge in [-0.1, -0.05) is 18.2 Å². The first-order valence-corrected chi connectivity index (χ1v) is 4.75. The molecule has 1 aromatic carbocycles. The van der Waals surface area contributed by atoms with E-state index in [2.05, 4.69) is 9.72 Å². The van der Waals surface area contributed by atoms with Crippen LogP contribution in [0.5, 0.6) is 0 Å². The fourth-order valence-electron chi connectivity index (χ4n) is 1.60. The van der Waals surface area contributed by atoms with Gasteiger partial charge >= 0.3 is 5.97 Å². The number of hydrogen-bond acceptors (Lipinski definition) is 3. The highest BCUT2D eigenvalue weighted by Gasteiger charge is 1.99. The second-order valence-corrected chi connectivity index (χ2v) is 3.28. The monoisotopic (exact) mass is 216 g/mol. The SMILES string of the molecule is COC(=O)/C=c1\[nH]c2ccccc2\c1=C\[O-]. The fraction of sp³-hybridized carbons (Fsp3) is 0.0833.